The number of hydrogen-bond donors (Lipinski definition) is 3. The Labute approximate surface area is 230 Å². The first-order valence-corrected chi connectivity index (χ1v) is 13.9. The van der Waals surface area contributed by atoms with Gasteiger partial charge in [0.2, 0.25) is 0 Å². The van der Waals surface area contributed by atoms with Gasteiger partial charge in [-0.3, -0.25) is 19.6 Å². The molecule has 2 unspecified atom stereocenters. The molecule has 10 nitrogen and oxygen atoms in total. The molecule has 0 spiro atoms. The van der Waals surface area contributed by atoms with Gasteiger partial charge in [-0.25, -0.2) is 14.8 Å². The van der Waals surface area contributed by atoms with Gasteiger partial charge in [0.25, 0.3) is 5.91 Å². The van der Waals surface area contributed by atoms with Crippen LogP contribution in [0.5, 0.6) is 0 Å². The third-order valence-electron chi connectivity index (χ3n) is 7.76. The molecule has 39 heavy (non-hydrogen) atoms. The highest BCUT2D eigenvalue weighted by molar-refractivity contribution is 6.05. The molecule has 0 bridgehead atoms. The van der Waals surface area contributed by atoms with Crippen molar-refractivity contribution in [3.63, 3.8) is 0 Å². The molecule has 10 heteroatoms. The summed E-state index contributed by atoms with van der Waals surface area (Å²) in [6, 6.07) is 14.1. The van der Waals surface area contributed by atoms with E-state index >= 15 is 0 Å². The Hall–Kier alpha value is -3.63. The van der Waals surface area contributed by atoms with Gasteiger partial charge in [-0.15, -0.1) is 0 Å². The third-order valence-corrected chi connectivity index (χ3v) is 7.76. The fourth-order valence-electron chi connectivity index (χ4n) is 5.77. The van der Waals surface area contributed by atoms with Gasteiger partial charge < -0.3 is 16.6 Å². The number of fused-ring (bicyclic) bond motifs is 1. The second kappa shape index (κ2) is 12.0. The number of carbonyl (C=O) groups is 2. The lowest BCUT2D eigenvalue weighted by Crippen LogP contribution is -2.74. The van der Waals surface area contributed by atoms with E-state index in [-0.39, 0.29) is 18.5 Å². The molecule has 1 fully saturated rings. The van der Waals surface area contributed by atoms with Gasteiger partial charge in [0.15, 0.2) is 11.7 Å². The molecule has 2 heterocycles. The number of urea groups is 1. The molecule has 0 radical (unpaired) electrons. The van der Waals surface area contributed by atoms with Crippen molar-refractivity contribution >= 4 is 29.1 Å². The first-order valence-electron chi connectivity index (χ1n) is 13.9. The number of hydrogen-bond acceptors (Lipinski definition) is 8. The van der Waals surface area contributed by atoms with Gasteiger partial charge in [-0.2, -0.15) is 0 Å². The fraction of sp³-hybridized carbons (Fsp3) is 0.483. The molecule has 2 atom stereocenters. The summed E-state index contributed by atoms with van der Waals surface area (Å²) in [7, 11) is 0. The molecule has 0 aliphatic carbocycles. The molecule has 1 saturated heterocycles. The summed E-state index contributed by atoms with van der Waals surface area (Å²) < 4.78 is 0. The predicted molar refractivity (Wildman–Crippen MR) is 154 cm³/mol. The highest BCUT2D eigenvalue weighted by Crippen LogP contribution is 2.42. The number of nitrogen functional groups attached to an aromatic ring is 2. The average Bonchev–Trinajstić information content (AvgIpc) is 3.26. The van der Waals surface area contributed by atoms with Gasteiger partial charge in [0.1, 0.15) is 5.84 Å². The number of carbonyl (C=O) groups excluding carboxylic acids is 2. The van der Waals surface area contributed by atoms with Crippen molar-refractivity contribution in [2.45, 2.75) is 58.2 Å². The number of anilines is 2. The standard InChI is InChI=1S/C29H41N7O3/c1-4-16-34-27(38)26-29(5-2,35(28(34)39)17-15-21-11-7-9-13-23(21)30)32-25(36(26)33(6-3)18-19-37)20-22-12-8-10-14-24(22)31/h7-14,26,37H,4-6,15-20,30-31H2,1-3H3. The van der Waals surface area contributed by atoms with Gasteiger partial charge in [0.05, 0.1) is 6.61 Å². The lowest BCUT2D eigenvalue weighted by molar-refractivity contribution is -0.151. The van der Waals surface area contributed by atoms with Crippen molar-refractivity contribution in [1.29, 1.82) is 0 Å². The topological polar surface area (TPSA) is 132 Å². The quantitative estimate of drug-likeness (QED) is 0.356. The number of nitrogens with zero attached hydrogens (tertiary/aromatic N) is 5. The summed E-state index contributed by atoms with van der Waals surface area (Å²) >= 11 is 0. The molecular formula is C29H41N7O3. The number of imide groups is 1. The van der Waals surface area contributed by atoms with Crippen LogP contribution >= 0.6 is 0 Å². The van der Waals surface area contributed by atoms with E-state index in [1.807, 2.05) is 79.3 Å². The number of aliphatic imine (C=N–C) groups is 1. The van der Waals surface area contributed by atoms with Crippen molar-refractivity contribution in [2.24, 2.45) is 4.99 Å². The molecular weight excluding hydrogens is 494 g/mol. The first kappa shape index (κ1) is 28.4. The van der Waals surface area contributed by atoms with Crippen LogP contribution in [0.1, 0.15) is 44.7 Å². The number of hydrazine groups is 1. The SMILES string of the molecule is CCCN1C(=O)C2N(N(CC)CCO)C(Cc3ccccc3N)=NC2(CC)N(CCc2ccccc2N)C1=O. The van der Waals surface area contributed by atoms with E-state index in [1.54, 1.807) is 4.90 Å². The van der Waals surface area contributed by atoms with E-state index in [0.717, 1.165) is 11.1 Å². The minimum atomic E-state index is -1.11. The second-order valence-electron chi connectivity index (χ2n) is 10.0. The van der Waals surface area contributed by atoms with Crippen molar-refractivity contribution in [3.05, 3.63) is 59.7 Å². The summed E-state index contributed by atoms with van der Waals surface area (Å²) in [4.78, 5) is 36.5. The Bertz CT molecular complexity index is 1220. The zero-order chi connectivity index (χ0) is 28.2. The maximum atomic E-state index is 14.2. The summed E-state index contributed by atoms with van der Waals surface area (Å²) in [6.45, 7) is 7.37. The summed E-state index contributed by atoms with van der Waals surface area (Å²) in [5.74, 6) is 0.383. The third kappa shape index (κ3) is 5.18. The molecule has 0 saturated carbocycles. The largest absolute Gasteiger partial charge is 0.399 e. The van der Waals surface area contributed by atoms with Crippen molar-refractivity contribution in [1.82, 2.24) is 19.8 Å². The summed E-state index contributed by atoms with van der Waals surface area (Å²) in [5, 5.41) is 13.8. The monoisotopic (exact) mass is 535 g/mol. The van der Waals surface area contributed by atoms with Crippen LogP contribution in [0.15, 0.2) is 53.5 Å². The van der Waals surface area contributed by atoms with Crippen LogP contribution in [0.2, 0.25) is 0 Å². The predicted octanol–water partition coefficient (Wildman–Crippen LogP) is 2.73. The van der Waals surface area contributed by atoms with Crippen LogP contribution in [0, 0.1) is 0 Å². The van der Waals surface area contributed by atoms with Gasteiger partial charge in [0, 0.05) is 44.0 Å². The first-order chi connectivity index (χ1) is 18.8. The fourth-order valence-corrected chi connectivity index (χ4v) is 5.77. The Morgan fingerprint density at radius 1 is 0.974 bits per heavy atom. The number of nitrogens with two attached hydrogens (primary N) is 2. The highest BCUT2D eigenvalue weighted by Gasteiger charge is 2.62. The number of rotatable bonds is 12. The minimum Gasteiger partial charge on any atom is -0.399 e. The number of amides is 3. The molecule has 2 aliphatic heterocycles. The van der Waals surface area contributed by atoms with Crippen LogP contribution < -0.4 is 11.5 Å². The van der Waals surface area contributed by atoms with Crippen molar-refractivity contribution in [3.8, 4) is 0 Å². The molecule has 210 valence electrons. The van der Waals surface area contributed by atoms with Gasteiger partial charge in [-0.05, 0) is 42.5 Å². The van der Waals surface area contributed by atoms with E-state index in [4.69, 9.17) is 16.5 Å². The Kier molecular flexibility index (Phi) is 8.76. The van der Waals surface area contributed by atoms with Crippen molar-refractivity contribution < 1.29 is 14.7 Å². The molecule has 2 aromatic carbocycles. The molecule has 4 rings (SSSR count). The zero-order valence-corrected chi connectivity index (χ0v) is 23.2. The Morgan fingerprint density at radius 2 is 1.62 bits per heavy atom. The lowest BCUT2D eigenvalue weighted by Gasteiger charge is -2.51. The Morgan fingerprint density at radius 3 is 2.18 bits per heavy atom. The van der Waals surface area contributed by atoms with E-state index in [1.165, 1.54) is 4.90 Å². The van der Waals surface area contributed by atoms with Crippen LogP contribution in [-0.2, 0) is 17.6 Å². The number of likely N-dealkylation sites (N-methyl/N-ethyl adjacent to an activating group) is 1. The Balaban J connectivity index is 1.84. The second-order valence-corrected chi connectivity index (χ2v) is 10.0. The van der Waals surface area contributed by atoms with Gasteiger partial charge in [-0.1, -0.05) is 57.2 Å². The zero-order valence-electron chi connectivity index (χ0n) is 23.2. The molecule has 2 aromatic rings. The van der Waals surface area contributed by atoms with E-state index in [2.05, 4.69) is 0 Å². The lowest BCUT2D eigenvalue weighted by atomic mass is 9.91. The van der Waals surface area contributed by atoms with Crippen molar-refractivity contribution in [2.75, 3.05) is 44.3 Å². The maximum Gasteiger partial charge on any atom is 0.328 e. The smallest absolute Gasteiger partial charge is 0.328 e. The average molecular weight is 536 g/mol. The molecule has 3 amide bonds. The highest BCUT2D eigenvalue weighted by atomic mass is 16.3. The number of aliphatic hydroxyl groups is 1. The molecule has 5 N–H and O–H groups in total. The van der Waals surface area contributed by atoms with E-state index in [9.17, 15) is 14.7 Å². The summed E-state index contributed by atoms with van der Waals surface area (Å²) in [6.07, 6.45) is 2.01. The number of benzene rings is 2. The maximum absolute atomic E-state index is 14.2. The van der Waals surface area contributed by atoms with Gasteiger partial charge >= 0.3 is 6.03 Å². The van der Waals surface area contributed by atoms with Crippen LogP contribution in [0.25, 0.3) is 0 Å². The van der Waals surface area contributed by atoms with E-state index < -0.39 is 11.7 Å². The number of amidine groups is 1. The number of para-hydroxylation sites is 2. The van der Waals surface area contributed by atoms with Crippen LogP contribution in [0.3, 0.4) is 0 Å². The summed E-state index contributed by atoms with van der Waals surface area (Å²) in [5.41, 5.74) is 14.6. The normalized spacial score (nSPS) is 21.1. The molecule has 2 aliphatic rings. The van der Waals surface area contributed by atoms with Crippen LogP contribution in [0.4, 0.5) is 16.2 Å². The minimum absolute atomic E-state index is 0.0836. The van der Waals surface area contributed by atoms with E-state index in [0.29, 0.717) is 69.1 Å². The number of aliphatic hydroxyl groups excluding tert-OH is 1. The van der Waals surface area contributed by atoms with Crippen LogP contribution in [-0.4, -0.2) is 87.2 Å². The molecule has 0 aromatic heterocycles.